The Labute approximate surface area is 89.1 Å². The summed E-state index contributed by atoms with van der Waals surface area (Å²) in [5, 5.41) is 7.69. The van der Waals surface area contributed by atoms with Crippen LogP contribution in [0.2, 0.25) is 0 Å². The van der Waals surface area contributed by atoms with Gasteiger partial charge in [-0.2, -0.15) is 5.10 Å². The Morgan fingerprint density at radius 2 is 2.33 bits per heavy atom. The van der Waals surface area contributed by atoms with E-state index in [0.717, 1.165) is 0 Å². The van der Waals surface area contributed by atoms with Gasteiger partial charge in [0.1, 0.15) is 6.54 Å². The summed E-state index contributed by atoms with van der Waals surface area (Å²) >= 11 is 0. The molecule has 0 saturated heterocycles. The number of carbonyl (C=O) groups is 1. The first-order valence-corrected chi connectivity index (χ1v) is 4.96. The molecule has 0 fully saturated rings. The number of esters is 1. The highest BCUT2D eigenvalue weighted by molar-refractivity contribution is 5.75. The molecule has 0 aliphatic carbocycles. The molecular formula is C10H15N3O2. The third-order valence-electron chi connectivity index (χ3n) is 1.89. The largest absolute Gasteiger partial charge is 0.465 e. The topological polar surface area (TPSA) is 55.3 Å². The standard InChI is InChI=1S/C10H15N3O2/c1-3-13(8-10(14)15-4-2)9-6-5-7-11-12-9/h5-7H,3-4,8H2,1-2H3. The zero-order valence-electron chi connectivity index (χ0n) is 9.01. The van der Waals surface area contributed by atoms with Gasteiger partial charge < -0.3 is 9.64 Å². The maximum atomic E-state index is 11.3. The van der Waals surface area contributed by atoms with Crippen molar-refractivity contribution < 1.29 is 9.53 Å². The molecule has 0 bridgehead atoms. The highest BCUT2D eigenvalue weighted by atomic mass is 16.5. The monoisotopic (exact) mass is 209 g/mol. The van der Waals surface area contributed by atoms with Gasteiger partial charge >= 0.3 is 5.97 Å². The van der Waals surface area contributed by atoms with Crippen LogP contribution in [0.4, 0.5) is 5.82 Å². The van der Waals surface area contributed by atoms with Crippen LogP contribution in [0, 0.1) is 0 Å². The fourth-order valence-electron chi connectivity index (χ4n) is 1.18. The second-order valence-corrected chi connectivity index (χ2v) is 2.90. The van der Waals surface area contributed by atoms with Crippen molar-refractivity contribution in [2.45, 2.75) is 13.8 Å². The Bertz CT molecular complexity index is 303. The van der Waals surface area contributed by atoms with Crippen molar-refractivity contribution in [1.29, 1.82) is 0 Å². The van der Waals surface area contributed by atoms with E-state index in [1.807, 2.05) is 17.9 Å². The number of nitrogens with zero attached hydrogens (tertiary/aromatic N) is 3. The second kappa shape index (κ2) is 5.95. The zero-order chi connectivity index (χ0) is 11.1. The van der Waals surface area contributed by atoms with Gasteiger partial charge in [0.25, 0.3) is 0 Å². The predicted molar refractivity (Wildman–Crippen MR) is 56.6 cm³/mol. The van der Waals surface area contributed by atoms with Gasteiger partial charge in [0.15, 0.2) is 5.82 Å². The summed E-state index contributed by atoms with van der Waals surface area (Å²) in [7, 11) is 0. The summed E-state index contributed by atoms with van der Waals surface area (Å²) < 4.78 is 4.87. The normalized spacial score (nSPS) is 9.73. The summed E-state index contributed by atoms with van der Waals surface area (Å²) in [6, 6.07) is 3.60. The van der Waals surface area contributed by atoms with E-state index in [1.165, 1.54) is 0 Å². The average molecular weight is 209 g/mol. The third-order valence-corrected chi connectivity index (χ3v) is 1.89. The van der Waals surface area contributed by atoms with Crippen LogP contribution in [-0.4, -0.2) is 35.9 Å². The van der Waals surface area contributed by atoms with Gasteiger partial charge in [-0.05, 0) is 26.0 Å². The molecule has 1 heterocycles. The molecule has 0 spiro atoms. The van der Waals surface area contributed by atoms with Gasteiger partial charge in [-0.3, -0.25) is 4.79 Å². The third kappa shape index (κ3) is 3.53. The molecule has 0 radical (unpaired) electrons. The Morgan fingerprint density at radius 1 is 1.53 bits per heavy atom. The number of rotatable bonds is 5. The quantitative estimate of drug-likeness (QED) is 0.673. The maximum absolute atomic E-state index is 11.3. The highest BCUT2D eigenvalue weighted by Gasteiger charge is 2.11. The maximum Gasteiger partial charge on any atom is 0.325 e. The molecule has 0 aromatic carbocycles. The molecule has 5 nitrogen and oxygen atoms in total. The lowest BCUT2D eigenvalue weighted by Gasteiger charge is -2.19. The number of aromatic nitrogens is 2. The van der Waals surface area contributed by atoms with Crippen molar-refractivity contribution >= 4 is 11.8 Å². The number of likely N-dealkylation sites (N-methyl/N-ethyl adjacent to an activating group) is 1. The lowest BCUT2D eigenvalue weighted by atomic mass is 10.4. The minimum atomic E-state index is -0.245. The van der Waals surface area contributed by atoms with Crippen molar-refractivity contribution in [3.8, 4) is 0 Å². The van der Waals surface area contributed by atoms with E-state index < -0.39 is 0 Å². The lowest BCUT2D eigenvalue weighted by Crippen LogP contribution is -2.31. The summed E-state index contributed by atoms with van der Waals surface area (Å²) in [4.78, 5) is 13.1. The minimum Gasteiger partial charge on any atom is -0.465 e. The molecule has 1 aromatic rings. The molecule has 15 heavy (non-hydrogen) atoms. The molecule has 0 atom stereocenters. The fourth-order valence-corrected chi connectivity index (χ4v) is 1.18. The summed E-state index contributed by atoms with van der Waals surface area (Å²) in [6.07, 6.45) is 1.60. The van der Waals surface area contributed by atoms with E-state index in [1.54, 1.807) is 19.2 Å². The minimum absolute atomic E-state index is 0.211. The average Bonchev–Trinajstić information content (AvgIpc) is 2.27. The van der Waals surface area contributed by atoms with Crippen LogP contribution >= 0.6 is 0 Å². The van der Waals surface area contributed by atoms with Gasteiger partial charge in [-0.25, -0.2) is 0 Å². The number of hydrogen-bond donors (Lipinski definition) is 0. The van der Waals surface area contributed by atoms with Crippen molar-refractivity contribution in [2.75, 3.05) is 24.6 Å². The fraction of sp³-hybridized carbons (Fsp3) is 0.500. The Hall–Kier alpha value is -1.65. The molecule has 0 unspecified atom stereocenters. The first-order valence-electron chi connectivity index (χ1n) is 4.96. The zero-order valence-corrected chi connectivity index (χ0v) is 9.01. The summed E-state index contributed by atoms with van der Waals surface area (Å²) in [6.45, 7) is 5.04. The Balaban J connectivity index is 2.61. The van der Waals surface area contributed by atoms with E-state index in [9.17, 15) is 4.79 Å². The van der Waals surface area contributed by atoms with E-state index >= 15 is 0 Å². The van der Waals surface area contributed by atoms with E-state index in [2.05, 4.69) is 10.2 Å². The van der Waals surface area contributed by atoms with Crippen molar-refractivity contribution in [2.24, 2.45) is 0 Å². The second-order valence-electron chi connectivity index (χ2n) is 2.90. The molecule has 5 heteroatoms. The summed E-state index contributed by atoms with van der Waals surface area (Å²) in [5.74, 6) is 0.443. The smallest absolute Gasteiger partial charge is 0.325 e. The predicted octanol–water partition coefficient (Wildman–Crippen LogP) is 0.866. The highest BCUT2D eigenvalue weighted by Crippen LogP contribution is 2.06. The first kappa shape index (κ1) is 11.4. The van der Waals surface area contributed by atoms with Crippen LogP contribution in [0.5, 0.6) is 0 Å². The van der Waals surface area contributed by atoms with Crippen LogP contribution in [0.15, 0.2) is 18.3 Å². The number of ether oxygens (including phenoxy) is 1. The number of anilines is 1. The molecule has 1 aromatic heterocycles. The van der Waals surface area contributed by atoms with Crippen molar-refractivity contribution in [3.63, 3.8) is 0 Å². The van der Waals surface area contributed by atoms with Gasteiger partial charge in [0, 0.05) is 12.7 Å². The molecule has 0 aliphatic rings. The van der Waals surface area contributed by atoms with Crippen molar-refractivity contribution in [1.82, 2.24) is 10.2 Å². The molecule has 0 N–H and O–H groups in total. The van der Waals surface area contributed by atoms with Crippen LogP contribution in [0.1, 0.15) is 13.8 Å². The van der Waals surface area contributed by atoms with Gasteiger partial charge in [-0.15, -0.1) is 5.10 Å². The van der Waals surface area contributed by atoms with E-state index in [0.29, 0.717) is 19.0 Å². The molecule has 1 rings (SSSR count). The van der Waals surface area contributed by atoms with E-state index in [-0.39, 0.29) is 12.5 Å². The Kier molecular flexibility index (Phi) is 4.53. The Morgan fingerprint density at radius 3 is 2.87 bits per heavy atom. The molecule has 0 saturated carbocycles. The number of carbonyl (C=O) groups excluding carboxylic acids is 1. The number of hydrogen-bond acceptors (Lipinski definition) is 5. The van der Waals surface area contributed by atoms with Gasteiger partial charge in [0.05, 0.1) is 6.61 Å². The van der Waals surface area contributed by atoms with Crippen LogP contribution < -0.4 is 4.90 Å². The van der Waals surface area contributed by atoms with Crippen LogP contribution in [0.3, 0.4) is 0 Å². The molecule has 82 valence electrons. The van der Waals surface area contributed by atoms with Crippen LogP contribution in [0.25, 0.3) is 0 Å². The molecule has 0 aliphatic heterocycles. The first-order chi connectivity index (χ1) is 7.27. The van der Waals surface area contributed by atoms with E-state index in [4.69, 9.17) is 4.74 Å². The summed E-state index contributed by atoms with van der Waals surface area (Å²) in [5.41, 5.74) is 0. The SMILES string of the molecule is CCOC(=O)CN(CC)c1cccnn1. The van der Waals surface area contributed by atoms with Crippen molar-refractivity contribution in [3.05, 3.63) is 18.3 Å². The van der Waals surface area contributed by atoms with Crippen LogP contribution in [-0.2, 0) is 9.53 Å². The molecular weight excluding hydrogens is 194 g/mol. The van der Waals surface area contributed by atoms with Gasteiger partial charge in [-0.1, -0.05) is 0 Å². The van der Waals surface area contributed by atoms with Gasteiger partial charge in [0.2, 0.25) is 0 Å². The molecule has 0 amide bonds. The lowest BCUT2D eigenvalue weighted by molar-refractivity contribution is -0.141.